The van der Waals surface area contributed by atoms with Gasteiger partial charge in [0.25, 0.3) is 10.0 Å². The van der Waals surface area contributed by atoms with E-state index in [-0.39, 0.29) is 30.6 Å². The second-order valence-electron chi connectivity index (χ2n) is 5.95. The van der Waals surface area contributed by atoms with Crippen molar-refractivity contribution in [3.63, 3.8) is 0 Å². The van der Waals surface area contributed by atoms with E-state index in [4.69, 9.17) is 16.3 Å². The van der Waals surface area contributed by atoms with Gasteiger partial charge < -0.3 is 4.74 Å². The molecule has 1 aliphatic rings. The molecular weight excluding hydrogens is 401 g/mol. The molecule has 1 saturated heterocycles. The first kappa shape index (κ1) is 19.3. The number of sulfonamides is 1. The number of rotatable bonds is 5. The van der Waals surface area contributed by atoms with E-state index in [1.807, 2.05) is 0 Å². The Labute approximate surface area is 160 Å². The molecule has 0 bridgehead atoms. The van der Waals surface area contributed by atoms with E-state index in [1.165, 1.54) is 33.8 Å². The predicted octanol–water partition coefficient (Wildman–Crippen LogP) is 3.68. The largest absolute Gasteiger partial charge is 0.461 e. The molecule has 2 heterocycles. The van der Waals surface area contributed by atoms with Gasteiger partial charge in [-0.15, -0.1) is 11.3 Å². The van der Waals surface area contributed by atoms with Gasteiger partial charge in [-0.25, -0.2) is 12.8 Å². The SMILES string of the molecule is O=C(OCc1ccc(F)cc1Cl)C1CCN(S(=O)(=O)c2cccs2)CC1. The van der Waals surface area contributed by atoms with Crippen molar-refractivity contribution in [1.82, 2.24) is 4.31 Å². The molecule has 3 rings (SSSR count). The quantitative estimate of drug-likeness (QED) is 0.696. The zero-order valence-corrected chi connectivity index (χ0v) is 16.1. The molecule has 0 spiro atoms. The fraction of sp³-hybridized carbons (Fsp3) is 0.353. The summed E-state index contributed by atoms with van der Waals surface area (Å²) in [5.41, 5.74) is 0.527. The van der Waals surface area contributed by atoms with E-state index in [0.717, 1.165) is 0 Å². The Morgan fingerprint density at radius 3 is 2.65 bits per heavy atom. The highest BCUT2D eigenvalue weighted by atomic mass is 35.5. The van der Waals surface area contributed by atoms with Crippen LogP contribution in [0.5, 0.6) is 0 Å². The van der Waals surface area contributed by atoms with Gasteiger partial charge in [-0.05, 0) is 36.4 Å². The fourth-order valence-electron chi connectivity index (χ4n) is 2.77. The molecule has 9 heteroatoms. The zero-order valence-electron chi connectivity index (χ0n) is 13.7. The highest BCUT2D eigenvalue weighted by Crippen LogP contribution is 2.27. The fourth-order valence-corrected chi connectivity index (χ4v) is 5.61. The third kappa shape index (κ3) is 4.25. The third-order valence-corrected chi connectivity index (χ3v) is 7.89. The molecule has 1 aromatic heterocycles. The van der Waals surface area contributed by atoms with Crippen LogP contribution in [0, 0.1) is 11.7 Å². The van der Waals surface area contributed by atoms with E-state index in [9.17, 15) is 17.6 Å². The summed E-state index contributed by atoms with van der Waals surface area (Å²) < 4.78 is 45.0. The van der Waals surface area contributed by atoms with Gasteiger partial charge >= 0.3 is 5.97 Å². The van der Waals surface area contributed by atoms with Crippen molar-refractivity contribution in [1.29, 1.82) is 0 Å². The summed E-state index contributed by atoms with van der Waals surface area (Å²) in [7, 11) is -3.49. The number of ether oxygens (including phenoxy) is 1. The molecule has 26 heavy (non-hydrogen) atoms. The van der Waals surface area contributed by atoms with E-state index in [2.05, 4.69) is 0 Å². The second kappa shape index (κ2) is 8.04. The van der Waals surface area contributed by atoms with Gasteiger partial charge in [-0.1, -0.05) is 23.7 Å². The number of carbonyl (C=O) groups is 1. The molecule has 140 valence electrons. The van der Waals surface area contributed by atoms with Crippen LogP contribution in [-0.4, -0.2) is 31.8 Å². The van der Waals surface area contributed by atoms with Gasteiger partial charge in [0.2, 0.25) is 0 Å². The van der Waals surface area contributed by atoms with Gasteiger partial charge in [-0.2, -0.15) is 4.31 Å². The van der Waals surface area contributed by atoms with E-state index >= 15 is 0 Å². The summed E-state index contributed by atoms with van der Waals surface area (Å²) in [6.45, 7) is 0.514. The topological polar surface area (TPSA) is 63.7 Å². The summed E-state index contributed by atoms with van der Waals surface area (Å²) in [4.78, 5) is 12.2. The maximum absolute atomic E-state index is 13.0. The number of thiophene rings is 1. The molecule has 0 N–H and O–H groups in total. The average molecular weight is 418 g/mol. The van der Waals surface area contributed by atoms with Crippen molar-refractivity contribution in [3.05, 3.63) is 52.1 Å². The normalized spacial score (nSPS) is 16.5. The summed E-state index contributed by atoms with van der Waals surface area (Å²) >= 11 is 7.09. The highest BCUT2D eigenvalue weighted by molar-refractivity contribution is 7.91. The van der Waals surface area contributed by atoms with Gasteiger partial charge in [0.05, 0.1) is 10.9 Å². The van der Waals surface area contributed by atoms with Crippen LogP contribution < -0.4 is 0 Å². The molecule has 0 atom stereocenters. The number of benzene rings is 1. The number of nitrogens with zero attached hydrogens (tertiary/aromatic N) is 1. The van der Waals surface area contributed by atoms with Crippen molar-refractivity contribution in [2.24, 2.45) is 5.92 Å². The number of piperidine rings is 1. The lowest BCUT2D eigenvalue weighted by atomic mass is 9.98. The van der Waals surface area contributed by atoms with Crippen LogP contribution in [0.2, 0.25) is 5.02 Å². The van der Waals surface area contributed by atoms with Crippen molar-refractivity contribution >= 4 is 38.9 Å². The zero-order chi connectivity index (χ0) is 18.7. The first-order valence-electron chi connectivity index (χ1n) is 8.02. The summed E-state index contributed by atoms with van der Waals surface area (Å²) in [6, 6.07) is 7.16. The maximum Gasteiger partial charge on any atom is 0.309 e. The molecule has 1 fully saturated rings. The van der Waals surface area contributed by atoms with Gasteiger partial charge in [0.1, 0.15) is 16.6 Å². The minimum absolute atomic E-state index is 0.0361. The number of hydrogen-bond donors (Lipinski definition) is 0. The van der Waals surface area contributed by atoms with Crippen molar-refractivity contribution in [3.8, 4) is 0 Å². The maximum atomic E-state index is 13.0. The van der Waals surface area contributed by atoms with Crippen LogP contribution in [0.3, 0.4) is 0 Å². The summed E-state index contributed by atoms with van der Waals surface area (Å²) in [5.74, 6) is -1.20. The van der Waals surface area contributed by atoms with Crippen molar-refractivity contribution < 1.29 is 22.3 Å². The molecule has 0 unspecified atom stereocenters. The number of halogens is 2. The smallest absolute Gasteiger partial charge is 0.309 e. The van der Waals surface area contributed by atoms with Crippen molar-refractivity contribution in [2.45, 2.75) is 23.7 Å². The van der Waals surface area contributed by atoms with Gasteiger partial charge in [0.15, 0.2) is 0 Å². The van der Waals surface area contributed by atoms with Crippen LogP contribution >= 0.6 is 22.9 Å². The molecule has 0 aliphatic carbocycles. The van der Waals surface area contributed by atoms with Crippen LogP contribution in [-0.2, 0) is 26.2 Å². The average Bonchev–Trinajstić information content (AvgIpc) is 3.16. The number of hydrogen-bond acceptors (Lipinski definition) is 5. The van der Waals surface area contributed by atoms with Crippen LogP contribution in [0.4, 0.5) is 4.39 Å². The predicted molar refractivity (Wildman–Crippen MR) is 97.0 cm³/mol. The molecule has 2 aromatic rings. The third-order valence-electron chi connectivity index (χ3n) is 4.26. The molecule has 1 aliphatic heterocycles. The Morgan fingerprint density at radius 1 is 1.31 bits per heavy atom. The highest BCUT2D eigenvalue weighted by Gasteiger charge is 2.33. The number of esters is 1. The minimum atomic E-state index is -3.49. The minimum Gasteiger partial charge on any atom is -0.461 e. The van der Waals surface area contributed by atoms with E-state index < -0.39 is 21.8 Å². The van der Waals surface area contributed by atoms with Crippen LogP contribution in [0.25, 0.3) is 0 Å². The first-order chi connectivity index (χ1) is 12.4. The standard InChI is InChI=1S/C17H17ClFNO4S2/c18-15-10-14(19)4-3-13(15)11-24-17(21)12-5-7-20(8-6-12)26(22,23)16-2-1-9-25-16/h1-4,9-10,12H,5-8,11H2. The summed E-state index contributed by atoms with van der Waals surface area (Å²) in [6.07, 6.45) is 0.807. The van der Waals surface area contributed by atoms with E-state index in [0.29, 0.717) is 22.6 Å². The Morgan fingerprint density at radius 2 is 2.04 bits per heavy atom. The Kier molecular flexibility index (Phi) is 5.96. The van der Waals surface area contributed by atoms with Gasteiger partial charge in [-0.3, -0.25) is 4.79 Å². The van der Waals surface area contributed by atoms with Gasteiger partial charge in [0, 0.05) is 18.7 Å². The van der Waals surface area contributed by atoms with Crippen LogP contribution in [0.15, 0.2) is 39.9 Å². The number of carbonyl (C=O) groups excluding carboxylic acids is 1. The Balaban J connectivity index is 1.54. The summed E-state index contributed by atoms with van der Waals surface area (Å²) in [5, 5.41) is 1.92. The monoisotopic (exact) mass is 417 g/mol. The lowest BCUT2D eigenvalue weighted by Crippen LogP contribution is -2.40. The van der Waals surface area contributed by atoms with Crippen molar-refractivity contribution in [2.75, 3.05) is 13.1 Å². The molecule has 0 saturated carbocycles. The first-order valence-corrected chi connectivity index (χ1v) is 10.7. The molecule has 5 nitrogen and oxygen atoms in total. The van der Waals surface area contributed by atoms with E-state index in [1.54, 1.807) is 17.5 Å². The second-order valence-corrected chi connectivity index (χ2v) is 9.47. The molecule has 0 amide bonds. The molecular formula is C17H17ClFNO4S2. The Bertz CT molecular complexity index is 878. The lowest BCUT2D eigenvalue weighted by molar-refractivity contribution is -0.151. The molecule has 0 radical (unpaired) electrons. The molecule has 1 aromatic carbocycles. The Hall–Kier alpha value is -1.48. The lowest BCUT2D eigenvalue weighted by Gasteiger charge is -2.29. The van der Waals surface area contributed by atoms with Crippen LogP contribution in [0.1, 0.15) is 18.4 Å².